The molecule has 0 bridgehead atoms. The zero-order chi connectivity index (χ0) is 17.9. The Bertz CT molecular complexity index is 782. The summed E-state index contributed by atoms with van der Waals surface area (Å²) >= 11 is 0. The third kappa shape index (κ3) is 3.27. The number of aromatic carboxylic acids is 1. The molecule has 126 valence electrons. The molecular weight excluding hydrogens is 314 g/mol. The molecule has 2 aromatic rings. The summed E-state index contributed by atoms with van der Waals surface area (Å²) in [4.78, 5) is 31.6. The highest BCUT2D eigenvalue weighted by Gasteiger charge is 2.22. The lowest BCUT2D eigenvalue weighted by Gasteiger charge is -2.14. The van der Waals surface area contributed by atoms with Gasteiger partial charge in [-0.2, -0.15) is 0 Å². The molecule has 0 aliphatic carbocycles. The molecule has 0 aliphatic rings. The van der Waals surface area contributed by atoms with Crippen LogP contribution >= 0.6 is 0 Å². The number of rotatable bonds is 5. The van der Waals surface area contributed by atoms with Gasteiger partial charge in [-0.25, -0.2) is 14.8 Å². The van der Waals surface area contributed by atoms with Crippen molar-refractivity contribution in [2.75, 3.05) is 19.5 Å². The van der Waals surface area contributed by atoms with E-state index in [1.807, 2.05) is 0 Å². The van der Waals surface area contributed by atoms with Crippen LogP contribution in [0, 0.1) is 13.8 Å². The number of carbonyl (C=O) groups is 2. The molecule has 1 aromatic carbocycles. The monoisotopic (exact) mass is 331 g/mol. The second-order valence-electron chi connectivity index (χ2n) is 5.01. The van der Waals surface area contributed by atoms with Crippen LogP contribution in [-0.4, -0.2) is 41.2 Å². The molecule has 8 nitrogen and oxygen atoms in total. The number of nitrogens with zero attached hydrogens (tertiary/aromatic N) is 2. The molecule has 0 fully saturated rings. The van der Waals surface area contributed by atoms with Crippen molar-refractivity contribution in [1.29, 1.82) is 0 Å². The van der Waals surface area contributed by atoms with Gasteiger partial charge < -0.3 is 19.9 Å². The fourth-order valence-corrected chi connectivity index (χ4v) is 2.26. The number of anilines is 1. The lowest BCUT2D eigenvalue weighted by molar-refractivity contribution is 0.0695. The maximum Gasteiger partial charge on any atom is 0.336 e. The van der Waals surface area contributed by atoms with Crippen LogP contribution in [0.4, 0.5) is 5.69 Å². The smallest absolute Gasteiger partial charge is 0.336 e. The minimum atomic E-state index is -1.07. The summed E-state index contributed by atoms with van der Waals surface area (Å²) in [5, 5.41) is 11.9. The number of ether oxygens (including phenoxy) is 2. The number of nitrogens with one attached hydrogen (secondary N) is 1. The van der Waals surface area contributed by atoms with Crippen LogP contribution in [0.2, 0.25) is 0 Å². The second-order valence-corrected chi connectivity index (χ2v) is 5.01. The number of aromatic nitrogens is 2. The van der Waals surface area contributed by atoms with E-state index in [9.17, 15) is 14.7 Å². The molecule has 24 heavy (non-hydrogen) atoms. The third-order valence-electron chi connectivity index (χ3n) is 3.44. The van der Waals surface area contributed by atoms with Gasteiger partial charge in [0.2, 0.25) is 11.8 Å². The summed E-state index contributed by atoms with van der Waals surface area (Å²) in [7, 11) is 2.75. The highest BCUT2D eigenvalue weighted by atomic mass is 16.5. The standard InChI is InChI=1S/C16H17N3O5/c1-8-5-9(2)11(6-10(8)16(21)22)19-13(20)12-14(23-3)17-7-18-15(12)24-4/h5-7H,1-4H3,(H,19,20)(H,21,22). The lowest BCUT2D eigenvalue weighted by Crippen LogP contribution is -2.17. The van der Waals surface area contributed by atoms with Gasteiger partial charge in [-0.1, -0.05) is 6.07 Å². The fourth-order valence-electron chi connectivity index (χ4n) is 2.26. The number of carboxylic acids is 1. The number of hydrogen-bond donors (Lipinski definition) is 2. The number of methoxy groups -OCH3 is 2. The fraction of sp³-hybridized carbons (Fsp3) is 0.250. The molecule has 0 unspecified atom stereocenters. The molecule has 1 amide bonds. The lowest BCUT2D eigenvalue weighted by atomic mass is 10.0. The Hall–Kier alpha value is -3.16. The molecule has 0 radical (unpaired) electrons. The zero-order valence-corrected chi connectivity index (χ0v) is 13.7. The van der Waals surface area contributed by atoms with Crippen molar-refractivity contribution in [3.05, 3.63) is 40.7 Å². The van der Waals surface area contributed by atoms with Crippen LogP contribution in [-0.2, 0) is 0 Å². The van der Waals surface area contributed by atoms with Gasteiger partial charge in [-0.15, -0.1) is 0 Å². The summed E-state index contributed by atoms with van der Waals surface area (Å²) in [5.41, 5.74) is 1.84. The van der Waals surface area contributed by atoms with Gasteiger partial charge in [0.25, 0.3) is 5.91 Å². The Kier molecular flexibility index (Phi) is 4.98. The average Bonchev–Trinajstić information content (AvgIpc) is 2.55. The molecule has 0 saturated carbocycles. The Morgan fingerprint density at radius 1 is 1.04 bits per heavy atom. The van der Waals surface area contributed by atoms with E-state index in [2.05, 4.69) is 15.3 Å². The Morgan fingerprint density at radius 3 is 2.12 bits per heavy atom. The SMILES string of the molecule is COc1ncnc(OC)c1C(=O)Nc1cc(C(=O)O)c(C)cc1C. The molecule has 0 spiro atoms. The number of carboxylic acid groups (broad SMARTS) is 1. The summed E-state index contributed by atoms with van der Waals surface area (Å²) in [6, 6.07) is 3.10. The molecule has 0 saturated heterocycles. The number of benzene rings is 1. The van der Waals surface area contributed by atoms with Crippen LogP contribution in [0.25, 0.3) is 0 Å². The van der Waals surface area contributed by atoms with E-state index in [-0.39, 0.29) is 22.9 Å². The van der Waals surface area contributed by atoms with Crippen molar-refractivity contribution in [2.45, 2.75) is 13.8 Å². The normalized spacial score (nSPS) is 10.2. The molecule has 2 N–H and O–H groups in total. The van der Waals surface area contributed by atoms with Gasteiger partial charge in [0, 0.05) is 5.69 Å². The molecule has 8 heteroatoms. The predicted octanol–water partition coefficient (Wildman–Crippen LogP) is 2.06. The number of hydrogen-bond acceptors (Lipinski definition) is 6. The molecule has 1 heterocycles. The van der Waals surface area contributed by atoms with Gasteiger partial charge in [0.15, 0.2) is 5.56 Å². The molecular formula is C16H17N3O5. The molecule has 0 atom stereocenters. The molecule has 0 aliphatic heterocycles. The van der Waals surface area contributed by atoms with Gasteiger partial charge in [0.05, 0.1) is 19.8 Å². The van der Waals surface area contributed by atoms with Crippen LogP contribution in [0.5, 0.6) is 11.8 Å². The first-order valence-corrected chi connectivity index (χ1v) is 6.97. The maximum atomic E-state index is 12.6. The Morgan fingerprint density at radius 2 is 1.62 bits per heavy atom. The number of carbonyl (C=O) groups excluding carboxylic acids is 1. The first-order valence-electron chi connectivity index (χ1n) is 6.97. The van der Waals surface area contributed by atoms with E-state index in [4.69, 9.17) is 9.47 Å². The van der Waals surface area contributed by atoms with Gasteiger partial charge in [0.1, 0.15) is 6.33 Å². The quantitative estimate of drug-likeness (QED) is 0.862. The number of aryl methyl sites for hydroxylation is 2. The minimum absolute atomic E-state index is 0.0272. The van der Waals surface area contributed by atoms with Crippen molar-refractivity contribution >= 4 is 17.6 Å². The molecule has 2 rings (SSSR count). The summed E-state index contributed by atoms with van der Waals surface area (Å²) in [6.07, 6.45) is 1.22. The summed E-state index contributed by atoms with van der Waals surface area (Å²) in [5.74, 6) is -1.51. The minimum Gasteiger partial charge on any atom is -0.480 e. The highest BCUT2D eigenvalue weighted by molar-refractivity contribution is 6.08. The van der Waals surface area contributed by atoms with E-state index >= 15 is 0 Å². The van der Waals surface area contributed by atoms with Crippen LogP contribution in [0.15, 0.2) is 18.5 Å². The van der Waals surface area contributed by atoms with Gasteiger partial charge >= 0.3 is 5.97 Å². The predicted molar refractivity (Wildman–Crippen MR) is 86.0 cm³/mol. The topological polar surface area (TPSA) is 111 Å². The van der Waals surface area contributed by atoms with Gasteiger partial charge in [-0.3, -0.25) is 4.79 Å². The zero-order valence-electron chi connectivity index (χ0n) is 13.7. The van der Waals surface area contributed by atoms with E-state index in [1.165, 1.54) is 26.6 Å². The molecule has 1 aromatic heterocycles. The largest absolute Gasteiger partial charge is 0.480 e. The van der Waals surface area contributed by atoms with Crippen molar-refractivity contribution in [1.82, 2.24) is 9.97 Å². The summed E-state index contributed by atoms with van der Waals surface area (Å²) < 4.78 is 10.1. The van der Waals surface area contributed by atoms with E-state index < -0.39 is 11.9 Å². The van der Waals surface area contributed by atoms with Crippen LogP contribution in [0.1, 0.15) is 31.8 Å². The number of amides is 1. The van der Waals surface area contributed by atoms with E-state index in [0.29, 0.717) is 11.3 Å². The summed E-state index contributed by atoms with van der Waals surface area (Å²) in [6.45, 7) is 3.46. The van der Waals surface area contributed by atoms with E-state index in [0.717, 1.165) is 5.56 Å². The van der Waals surface area contributed by atoms with Crippen molar-refractivity contribution in [3.63, 3.8) is 0 Å². The van der Waals surface area contributed by atoms with Crippen molar-refractivity contribution in [3.8, 4) is 11.8 Å². The Labute approximate surface area is 138 Å². The van der Waals surface area contributed by atoms with Crippen LogP contribution in [0.3, 0.4) is 0 Å². The van der Waals surface area contributed by atoms with Crippen molar-refractivity contribution < 1.29 is 24.2 Å². The second kappa shape index (κ2) is 6.95. The Balaban J connectivity index is 2.44. The first-order chi connectivity index (χ1) is 11.4. The van der Waals surface area contributed by atoms with E-state index in [1.54, 1.807) is 19.9 Å². The average molecular weight is 331 g/mol. The maximum absolute atomic E-state index is 12.6. The highest BCUT2D eigenvalue weighted by Crippen LogP contribution is 2.26. The van der Waals surface area contributed by atoms with Gasteiger partial charge in [-0.05, 0) is 31.0 Å². The third-order valence-corrected chi connectivity index (χ3v) is 3.44. The first kappa shape index (κ1) is 17.2. The van der Waals surface area contributed by atoms with Crippen molar-refractivity contribution in [2.24, 2.45) is 0 Å². The van der Waals surface area contributed by atoms with Crippen LogP contribution < -0.4 is 14.8 Å².